The first-order valence-electron chi connectivity index (χ1n) is 9.81. The van der Waals surface area contributed by atoms with Crippen molar-refractivity contribution in [2.75, 3.05) is 32.8 Å². The Kier molecular flexibility index (Phi) is 5.12. The van der Waals surface area contributed by atoms with Crippen LogP contribution in [0.5, 0.6) is 5.75 Å². The zero-order valence-corrected chi connectivity index (χ0v) is 16.0. The number of ether oxygens (including phenoxy) is 2. The van der Waals surface area contributed by atoms with Crippen LogP contribution in [0.2, 0.25) is 0 Å². The number of nitrogens with zero attached hydrogens (tertiary/aromatic N) is 2. The van der Waals surface area contributed by atoms with Crippen molar-refractivity contribution in [3.05, 3.63) is 29.8 Å². The molecular weight excluding hydrogens is 378 g/mol. The predicted molar refractivity (Wildman–Crippen MR) is 99.9 cm³/mol. The molecule has 0 saturated carbocycles. The van der Waals surface area contributed by atoms with Gasteiger partial charge < -0.3 is 19.7 Å². The van der Waals surface area contributed by atoms with Gasteiger partial charge in [0.1, 0.15) is 12.3 Å². The van der Waals surface area contributed by atoms with Crippen LogP contribution in [0.3, 0.4) is 0 Å². The van der Waals surface area contributed by atoms with Gasteiger partial charge in [-0.2, -0.15) is 0 Å². The number of hydrogen-bond donors (Lipinski definition) is 1. The normalized spacial score (nSPS) is 23.4. The molecule has 3 aliphatic heterocycles. The Bertz CT molecular complexity index is 850. The maximum atomic E-state index is 13.1. The molecule has 3 heterocycles. The van der Waals surface area contributed by atoms with Crippen molar-refractivity contribution in [2.24, 2.45) is 0 Å². The Morgan fingerprint density at radius 2 is 1.90 bits per heavy atom. The lowest BCUT2D eigenvalue weighted by Gasteiger charge is -2.33. The maximum Gasteiger partial charge on any atom is 0.326 e. The molecule has 4 amide bonds. The van der Waals surface area contributed by atoms with E-state index in [1.54, 1.807) is 29.2 Å². The Balaban J connectivity index is 1.40. The molecule has 0 aliphatic carbocycles. The van der Waals surface area contributed by atoms with Crippen molar-refractivity contribution >= 4 is 23.8 Å². The van der Waals surface area contributed by atoms with E-state index in [-0.39, 0.29) is 25.5 Å². The number of carbonyl (C=O) groups is 4. The van der Waals surface area contributed by atoms with E-state index >= 15 is 0 Å². The quantitative estimate of drug-likeness (QED) is 0.590. The van der Waals surface area contributed by atoms with Crippen molar-refractivity contribution in [1.29, 1.82) is 0 Å². The van der Waals surface area contributed by atoms with Crippen molar-refractivity contribution in [3.63, 3.8) is 0 Å². The van der Waals surface area contributed by atoms with Gasteiger partial charge in [0.15, 0.2) is 12.1 Å². The standard InChI is InChI=1S/C20H23N3O6/c24-16(22-9-4-1-5-10-22)13-29-17(25)12-23-18(26)20(21-19(23)27)8-11-28-15-7-3-2-6-14(15)20/h2-3,6-7H,1,4-5,8-13H2,(H,21,27)/t20-/m1/s1. The van der Waals surface area contributed by atoms with Gasteiger partial charge in [-0.25, -0.2) is 4.79 Å². The van der Waals surface area contributed by atoms with Crippen LogP contribution < -0.4 is 10.1 Å². The Labute approximate surface area is 167 Å². The third kappa shape index (κ3) is 3.52. The summed E-state index contributed by atoms with van der Waals surface area (Å²) in [7, 11) is 0. The smallest absolute Gasteiger partial charge is 0.326 e. The SMILES string of the molecule is O=C(CN1C(=O)N[C@@]2(CCOc3ccccc32)C1=O)OCC(=O)N1CCCCC1. The first kappa shape index (κ1) is 19.2. The Morgan fingerprint density at radius 3 is 2.69 bits per heavy atom. The van der Waals surface area contributed by atoms with Gasteiger partial charge in [0, 0.05) is 25.1 Å². The highest BCUT2D eigenvalue weighted by molar-refractivity contribution is 6.09. The van der Waals surface area contributed by atoms with Crippen LogP contribution in [-0.2, 0) is 24.7 Å². The lowest BCUT2D eigenvalue weighted by Crippen LogP contribution is -2.47. The third-order valence-corrected chi connectivity index (χ3v) is 5.61. The number of hydrogen-bond acceptors (Lipinski definition) is 6. The number of carbonyl (C=O) groups excluding carboxylic acids is 4. The zero-order chi connectivity index (χ0) is 20.4. The largest absolute Gasteiger partial charge is 0.493 e. The first-order chi connectivity index (χ1) is 14.0. The molecule has 29 heavy (non-hydrogen) atoms. The summed E-state index contributed by atoms with van der Waals surface area (Å²) < 4.78 is 10.6. The van der Waals surface area contributed by atoms with E-state index < -0.39 is 30.0 Å². The minimum Gasteiger partial charge on any atom is -0.493 e. The van der Waals surface area contributed by atoms with Gasteiger partial charge in [-0.3, -0.25) is 19.3 Å². The molecule has 1 aromatic carbocycles. The average molecular weight is 401 g/mol. The second-order valence-corrected chi connectivity index (χ2v) is 7.42. The van der Waals surface area contributed by atoms with Gasteiger partial charge >= 0.3 is 12.0 Å². The highest BCUT2D eigenvalue weighted by Crippen LogP contribution is 2.40. The number of imide groups is 1. The molecule has 0 bridgehead atoms. The molecule has 2 fully saturated rings. The maximum absolute atomic E-state index is 13.1. The van der Waals surface area contributed by atoms with Crippen molar-refractivity contribution in [3.8, 4) is 5.75 Å². The van der Waals surface area contributed by atoms with Crippen molar-refractivity contribution < 1.29 is 28.7 Å². The van der Waals surface area contributed by atoms with E-state index in [0.717, 1.165) is 24.2 Å². The number of esters is 1. The second-order valence-electron chi connectivity index (χ2n) is 7.42. The van der Waals surface area contributed by atoms with Gasteiger partial charge in [0.2, 0.25) is 0 Å². The number of likely N-dealkylation sites (tertiary alicyclic amines) is 1. The fourth-order valence-electron chi connectivity index (χ4n) is 4.07. The molecule has 3 aliphatic rings. The van der Waals surface area contributed by atoms with Gasteiger partial charge in [-0.15, -0.1) is 0 Å². The number of nitrogens with one attached hydrogen (secondary N) is 1. The number of rotatable bonds is 4. The van der Waals surface area contributed by atoms with E-state index in [0.29, 0.717) is 24.4 Å². The van der Waals surface area contributed by atoms with Gasteiger partial charge in [0.05, 0.1) is 6.61 Å². The number of amides is 4. The molecule has 0 unspecified atom stereocenters. The van der Waals surface area contributed by atoms with E-state index in [4.69, 9.17) is 9.47 Å². The molecule has 1 N–H and O–H groups in total. The first-order valence-corrected chi connectivity index (χ1v) is 9.81. The van der Waals surface area contributed by atoms with Crippen molar-refractivity contribution in [2.45, 2.75) is 31.2 Å². The minimum absolute atomic E-state index is 0.259. The van der Waals surface area contributed by atoms with E-state index in [9.17, 15) is 19.2 Å². The molecular formula is C20H23N3O6. The Hall–Kier alpha value is -3.10. The minimum atomic E-state index is -1.24. The fraction of sp³-hybridized carbons (Fsp3) is 0.500. The fourth-order valence-corrected chi connectivity index (χ4v) is 4.07. The number of benzene rings is 1. The van der Waals surface area contributed by atoms with Crippen LogP contribution in [0, 0.1) is 0 Å². The van der Waals surface area contributed by atoms with Crippen LogP contribution in [0.1, 0.15) is 31.2 Å². The third-order valence-electron chi connectivity index (χ3n) is 5.61. The van der Waals surface area contributed by atoms with E-state index in [1.165, 1.54) is 0 Å². The molecule has 4 rings (SSSR count). The van der Waals surface area contributed by atoms with Crippen LogP contribution in [0.25, 0.3) is 0 Å². The summed E-state index contributed by atoms with van der Waals surface area (Å²) in [6.07, 6.45) is 3.24. The summed E-state index contributed by atoms with van der Waals surface area (Å²) in [6, 6.07) is 6.35. The molecule has 1 atom stereocenters. The van der Waals surface area contributed by atoms with Crippen LogP contribution in [0.15, 0.2) is 24.3 Å². The molecule has 1 aromatic rings. The molecule has 9 heteroatoms. The number of fused-ring (bicyclic) bond motifs is 2. The summed E-state index contributed by atoms with van der Waals surface area (Å²) in [5, 5.41) is 2.72. The molecule has 1 spiro atoms. The summed E-state index contributed by atoms with van der Waals surface area (Å²) in [5.74, 6) is -1.04. The van der Waals surface area contributed by atoms with E-state index in [1.807, 2.05) is 0 Å². The molecule has 9 nitrogen and oxygen atoms in total. The second kappa shape index (κ2) is 7.73. The molecule has 0 radical (unpaired) electrons. The zero-order valence-electron chi connectivity index (χ0n) is 16.0. The lowest BCUT2D eigenvalue weighted by atomic mass is 9.84. The summed E-state index contributed by atoms with van der Waals surface area (Å²) in [6.45, 7) is 0.666. The molecule has 2 saturated heterocycles. The Morgan fingerprint density at radius 1 is 1.14 bits per heavy atom. The number of para-hydroxylation sites is 1. The topological polar surface area (TPSA) is 105 Å². The van der Waals surface area contributed by atoms with Crippen molar-refractivity contribution in [1.82, 2.24) is 15.1 Å². The van der Waals surface area contributed by atoms with Crippen LogP contribution >= 0.6 is 0 Å². The number of urea groups is 1. The summed E-state index contributed by atoms with van der Waals surface area (Å²) >= 11 is 0. The van der Waals surface area contributed by atoms with Crippen LogP contribution in [-0.4, -0.2) is 66.5 Å². The van der Waals surface area contributed by atoms with Gasteiger partial charge in [-0.05, 0) is 25.3 Å². The average Bonchev–Trinajstić information content (AvgIpc) is 2.97. The highest BCUT2D eigenvalue weighted by atomic mass is 16.5. The predicted octanol–water partition coefficient (Wildman–Crippen LogP) is 0.772. The monoisotopic (exact) mass is 401 g/mol. The molecule has 0 aromatic heterocycles. The van der Waals surface area contributed by atoms with E-state index in [2.05, 4.69) is 5.32 Å². The number of piperidine rings is 1. The lowest BCUT2D eigenvalue weighted by molar-refractivity contribution is -0.154. The highest BCUT2D eigenvalue weighted by Gasteiger charge is 2.55. The van der Waals surface area contributed by atoms with Gasteiger partial charge in [0.25, 0.3) is 11.8 Å². The summed E-state index contributed by atoms with van der Waals surface area (Å²) in [4.78, 5) is 52.4. The molecule has 154 valence electrons. The summed E-state index contributed by atoms with van der Waals surface area (Å²) in [5.41, 5.74) is -0.670. The van der Waals surface area contributed by atoms with Crippen LogP contribution in [0.4, 0.5) is 4.79 Å². The van der Waals surface area contributed by atoms with Gasteiger partial charge in [-0.1, -0.05) is 18.2 Å².